The zero-order chi connectivity index (χ0) is 15.2. The highest BCUT2D eigenvalue weighted by Gasteiger charge is 2.21. The van der Waals surface area contributed by atoms with Crippen LogP contribution in [0, 0.1) is 0 Å². The highest BCUT2D eigenvalue weighted by atomic mass is 35.5. The highest BCUT2D eigenvalue weighted by Crippen LogP contribution is 2.23. The largest absolute Gasteiger partial charge is 0.481 e. The summed E-state index contributed by atoms with van der Waals surface area (Å²) in [5, 5.41) is 8.57. The van der Waals surface area contributed by atoms with Crippen molar-refractivity contribution in [1.29, 1.82) is 0 Å². The lowest BCUT2D eigenvalue weighted by Crippen LogP contribution is -2.48. The van der Waals surface area contributed by atoms with Gasteiger partial charge in [-0.2, -0.15) is 0 Å². The Balaban J connectivity index is 1.70. The van der Waals surface area contributed by atoms with Gasteiger partial charge in [0.05, 0.1) is 4.34 Å². The number of thiophene rings is 1. The molecule has 0 radical (unpaired) electrons. The summed E-state index contributed by atoms with van der Waals surface area (Å²) < 4.78 is 0.803. The molecular formula is C14H19ClN2O3S. The molecule has 1 aliphatic heterocycles. The number of carboxylic acid groups (broad SMARTS) is 1. The van der Waals surface area contributed by atoms with Crippen molar-refractivity contribution in [3.05, 3.63) is 21.3 Å². The number of hydrogen-bond acceptors (Lipinski definition) is 4. The van der Waals surface area contributed by atoms with E-state index in [1.165, 1.54) is 4.88 Å². The van der Waals surface area contributed by atoms with Crippen molar-refractivity contribution in [2.24, 2.45) is 0 Å². The average molecular weight is 331 g/mol. The second-order valence-electron chi connectivity index (χ2n) is 5.11. The third-order valence-corrected chi connectivity index (χ3v) is 4.73. The third-order valence-electron chi connectivity index (χ3n) is 3.51. The molecule has 0 spiro atoms. The Hall–Kier alpha value is -1.11. The first kappa shape index (κ1) is 16.3. The molecule has 21 heavy (non-hydrogen) atoms. The molecule has 116 valence electrons. The monoisotopic (exact) mass is 330 g/mol. The molecule has 0 aliphatic carbocycles. The van der Waals surface area contributed by atoms with Gasteiger partial charge in [0.2, 0.25) is 5.91 Å². The summed E-state index contributed by atoms with van der Waals surface area (Å²) in [7, 11) is 0. The molecule has 1 aliphatic rings. The number of rotatable bonds is 6. The molecule has 2 rings (SSSR count). The van der Waals surface area contributed by atoms with E-state index in [0.717, 1.165) is 24.0 Å². The Bertz CT molecular complexity index is 498. The van der Waals surface area contributed by atoms with Gasteiger partial charge in [-0.1, -0.05) is 11.6 Å². The maximum atomic E-state index is 11.9. The zero-order valence-electron chi connectivity index (χ0n) is 11.8. The van der Waals surface area contributed by atoms with E-state index in [9.17, 15) is 9.59 Å². The lowest BCUT2D eigenvalue weighted by atomic mass is 10.2. The lowest BCUT2D eigenvalue weighted by molar-refractivity contribution is -0.137. The average Bonchev–Trinajstić information content (AvgIpc) is 2.84. The van der Waals surface area contributed by atoms with E-state index in [1.807, 2.05) is 17.0 Å². The SMILES string of the molecule is O=C(O)CCCC(=O)N1CCN(Cc2ccc(Cl)s2)CC1. The quantitative estimate of drug-likeness (QED) is 0.869. The molecule has 5 nitrogen and oxygen atoms in total. The summed E-state index contributed by atoms with van der Waals surface area (Å²) in [4.78, 5) is 27.8. The van der Waals surface area contributed by atoms with Crippen LogP contribution in [0.5, 0.6) is 0 Å². The minimum absolute atomic E-state index is 0.0604. The van der Waals surface area contributed by atoms with Crippen LogP contribution >= 0.6 is 22.9 Å². The molecule has 0 aromatic carbocycles. The summed E-state index contributed by atoms with van der Waals surface area (Å²) in [6.45, 7) is 3.99. The van der Waals surface area contributed by atoms with Crippen molar-refractivity contribution in [2.45, 2.75) is 25.8 Å². The zero-order valence-corrected chi connectivity index (χ0v) is 13.3. The van der Waals surface area contributed by atoms with E-state index in [0.29, 0.717) is 25.9 Å². The number of aliphatic carboxylic acids is 1. The molecule has 1 amide bonds. The fourth-order valence-corrected chi connectivity index (χ4v) is 3.49. The van der Waals surface area contributed by atoms with Crippen molar-refractivity contribution in [3.8, 4) is 0 Å². The van der Waals surface area contributed by atoms with Crippen LogP contribution in [0.25, 0.3) is 0 Å². The minimum Gasteiger partial charge on any atom is -0.481 e. The lowest BCUT2D eigenvalue weighted by Gasteiger charge is -2.34. The van der Waals surface area contributed by atoms with Gasteiger partial charge in [0.1, 0.15) is 0 Å². The van der Waals surface area contributed by atoms with Gasteiger partial charge in [0.15, 0.2) is 0 Å². The molecule has 0 atom stereocenters. The smallest absolute Gasteiger partial charge is 0.303 e. The molecule has 2 heterocycles. The highest BCUT2D eigenvalue weighted by molar-refractivity contribution is 7.16. The molecule has 7 heteroatoms. The fourth-order valence-electron chi connectivity index (χ4n) is 2.36. The van der Waals surface area contributed by atoms with Crippen LogP contribution < -0.4 is 0 Å². The van der Waals surface area contributed by atoms with Crippen LogP contribution in [0.4, 0.5) is 0 Å². The maximum absolute atomic E-state index is 11.9. The number of piperazine rings is 1. The van der Waals surface area contributed by atoms with Crippen molar-refractivity contribution >= 4 is 34.8 Å². The van der Waals surface area contributed by atoms with Crippen LogP contribution in [-0.4, -0.2) is 53.0 Å². The van der Waals surface area contributed by atoms with Crippen LogP contribution in [-0.2, 0) is 16.1 Å². The molecule has 0 unspecified atom stereocenters. The number of halogens is 1. The van der Waals surface area contributed by atoms with Crippen molar-refractivity contribution in [2.75, 3.05) is 26.2 Å². The third kappa shape index (κ3) is 5.30. The van der Waals surface area contributed by atoms with Crippen molar-refractivity contribution < 1.29 is 14.7 Å². The Morgan fingerprint density at radius 3 is 2.48 bits per heavy atom. The fraction of sp³-hybridized carbons (Fsp3) is 0.571. The number of amides is 1. The molecule has 1 saturated heterocycles. The van der Waals surface area contributed by atoms with Crippen LogP contribution in [0.1, 0.15) is 24.1 Å². The summed E-state index contributed by atoms with van der Waals surface area (Å²) in [6.07, 6.45) is 0.805. The first-order valence-electron chi connectivity index (χ1n) is 7.01. The van der Waals surface area contributed by atoms with Crippen LogP contribution in [0.15, 0.2) is 12.1 Å². The second-order valence-corrected chi connectivity index (χ2v) is 6.91. The Kier molecular flexibility index (Phi) is 6.02. The number of hydrogen-bond donors (Lipinski definition) is 1. The van der Waals surface area contributed by atoms with Crippen LogP contribution in [0.3, 0.4) is 0 Å². The predicted octanol–water partition coefficient (Wildman–Crippen LogP) is 2.30. The van der Waals surface area contributed by atoms with E-state index >= 15 is 0 Å². The summed E-state index contributed by atoms with van der Waals surface area (Å²) in [5.41, 5.74) is 0. The molecule has 0 saturated carbocycles. The maximum Gasteiger partial charge on any atom is 0.303 e. The van der Waals surface area contributed by atoms with Gasteiger partial charge in [-0.15, -0.1) is 11.3 Å². The second kappa shape index (κ2) is 7.77. The molecule has 1 N–H and O–H groups in total. The van der Waals surface area contributed by atoms with Gasteiger partial charge >= 0.3 is 5.97 Å². The normalized spacial score (nSPS) is 16.1. The predicted molar refractivity (Wildman–Crippen MR) is 82.7 cm³/mol. The molecule has 0 bridgehead atoms. The van der Waals surface area contributed by atoms with E-state index < -0.39 is 5.97 Å². The van der Waals surface area contributed by atoms with E-state index in [2.05, 4.69) is 4.90 Å². The van der Waals surface area contributed by atoms with Crippen LogP contribution in [0.2, 0.25) is 4.34 Å². The Labute approximate surface area is 133 Å². The van der Waals surface area contributed by atoms with E-state index in [-0.39, 0.29) is 12.3 Å². The Morgan fingerprint density at radius 2 is 1.90 bits per heavy atom. The molecular weight excluding hydrogens is 312 g/mol. The number of carboxylic acids is 1. The van der Waals surface area contributed by atoms with Gasteiger partial charge in [0, 0.05) is 50.4 Å². The number of carbonyl (C=O) groups excluding carboxylic acids is 1. The van der Waals surface area contributed by atoms with E-state index in [4.69, 9.17) is 16.7 Å². The summed E-state index contributed by atoms with van der Waals surface area (Å²) in [6, 6.07) is 3.94. The number of carbonyl (C=O) groups is 2. The molecule has 1 fully saturated rings. The van der Waals surface area contributed by atoms with Crippen molar-refractivity contribution in [3.63, 3.8) is 0 Å². The van der Waals surface area contributed by atoms with Gasteiger partial charge in [-0.3, -0.25) is 14.5 Å². The molecule has 1 aromatic rings. The number of nitrogens with zero attached hydrogens (tertiary/aromatic N) is 2. The molecule has 1 aromatic heterocycles. The van der Waals surface area contributed by atoms with Crippen molar-refractivity contribution in [1.82, 2.24) is 9.80 Å². The Morgan fingerprint density at radius 1 is 1.19 bits per heavy atom. The van der Waals surface area contributed by atoms with E-state index in [1.54, 1.807) is 11.3 Å². The standard InChI is InChI=1S/C14H19ClN2O3S/c15-12-5-4-11(21-12)10-16-6-8-17(9-7-16)13(18)2-1-3-14(19)20/h4-5H,1-3,6-10H2,(H,19,20). The first-order chi connectivity index (χ1) is 10.0. The minimum atomic E-state index is -0.845. The summed E-state index contributed by atoms with van der Waals surface area (Å²) >= 11 is 7.51. The summed E-state index contributed by atoms with van der Waals surface area (Å²) in [5.74, 6) is -0.780. The topological polar surface area (TPSA) is 60.9 Å². The van der Waals surface area contributed by atoms with Gasteiger partial charge < -0.3 is 10.0 Å². The first-order valence-corrected chi connectivity index (χ1v) is 8.20. The van der Waals surface area contributed by atoms with Gasteiger partial charge in [0.25, 0.3) is 0 Å². The van der Waals surface area contributed by atoms with Gasteiger partial charge in [-0.25, -0.2) is 0 Å². The van der Waals surface area contributed by atoms with Gasteiger partial charge in [-0.05, 0) is 18.6 Å².